The maximum atomic E-state index is 12.2. The lowest BCUT2D eigenvalue weighted by atomic mass is 10.1. The summed E-state index contributed by atoms with van der Waals surface area (Å²) in [7, 11) is 0. The summed E-state index contributed by atoms with van der Waals surface area (Å²) in [5.74, 6) is 0.948. The van der Waals surface area contributed by atoms with E-state index in [1.54, 1.807) is 16.7 Å². The van der Waals surface area contributed by atoms with Gasteiger partial charge in [-0.25, -0.2) is 9.78 Å². The third-order valence-electron chi connectivity index (χ3n) is 4.41. The van der Waals surface area contributed by atoms with Gasteiger partial charge in [0.1, 0.15) is 11.4 Å². The molecular formula is C21H27N3O2S. The molecule has 1 amide bonds. The quantitative estimate of drug-likeness (QED) is 0.727. The fraction of sp³-hybridized carbons (Fsp3) is 0.429. The molecule has 27 heavy (non-hydrogen) atoms. The van der Waals surface area contributed by atoms with Gasteiger partial charge >= 0.3 is 6.09 Å². The number of anilines is 1. The zero-order valence-corrected chi connectivity index (χ0v) is 17.3. The summed E-state index contributed by atoms with van der Waals surface area (Å²) in [6, 6.07) is 12.6. The van der Waals surface area contributed by atoms with Crippen LogP contribution in [0.15, 0.2) is 47.5 Å². The number of carbonyl (C=O) groups excluding carboxylic acids is 1. The number of thioether (sulfide) groups is 1. The first-order chi connectivity index (χ1) is 12.9. The second-order valence-electron chi connectivity index (χ2n) is 7.59. The normalized spacial score (nSPS) is 15.0. The average Bonchev–Trinajstić information content (AvgIpc) is 2.67. The second kappa shape index (κ2) is 8.21. The van der Waals surface area contributed by atoms with Gasteiger partial charge in [0.15, 0.2) is 0 Å². The van der Waals surface area contributed by atoms with Crippen molar-refractivity contribution in [3.8, 4) is 11.1 Å². The number of aromatic nitrogens is 1. The average molecular weight is 386 g/mol. The summed E-state index contributed by atoms with van der Waals surface area (Å²) in [5, 5.41) is 0. The molecule has 144 valence electrons. The minimum atomic E-state index is -0.459. The summed E-state index contributed by atoms with van der Waals surface area (Å²) in [4.78, 5) is 22.1. The highest BCUT2D eigenvalue weighted by Gasteiger charge is 2.26. The molecule has 1 aromatic carbocycles. The van der Waals surface area contributed by atoms with Gasteiger partial charge in [0.2, 0.25) is 0 Å². The molecule has 2 aromatic rings. The van der Waals surface area contributed by atoms with Crippen LogP contribution < -0.4 is 4.90 Å². The van der Waals surface area contributed by atoms with Gasteiger partial charge in [-0.3, -0.25) is 0 Å². The Labute approximate surface area is 165 Å². The van der Waals surface area contributed by atoms with Crippen molar-refractivity contribution < 1.29 is 9.53 Å². The van der Waals surface area contributed by atoms with Crippen LogP contribution in [0.3, 0.4) is 0 Å². The van der Waals surface area contributed by atoms with Gasteiger partial charge in [-0.15, -0.1) is 11.8 Å². The fourth-order valence-electron chi connectivity index (χ4n) is 2.99. The van der Waals surface area contributed by atoms with E-state index in [0.29, 0.717) is 13.1 Å². The molecule has 0 spiro atoms. The van der Waals surface area contributed by atoms with E-state index in [2.05, 4.69) is 52.5 Å². The number of benzene rings is 1. The van der Waals surface area contributed by atoms with Crippen molar-refractivity contribution in [1.82, 2.24) is 9.88 Å². The van der Waals surface area contributed by atoms with E-state index in [1.165, 1.54) is 10.5 Å². The number of carbonyl (C=O) groups is 1. The van der Waals surface area contributed by atoms with E-state index >= 15 is 0 Å². The van der Waals surface area contributed by atoms with Crippen LogP contribution in [-0.4, -0.2) is 54.0 Å². The Bertz CT molecular complexity index is 779. The topological polar surface area (TPSA) is 45.7 Å². The van der Waals surface area contributed by atoms with Crippen molar-refractivity contribution >= 4 is 23.7 Å². The molecule has 1 aliphatic heterocycles. The van der Waals surface area contributed by atoms with Crippen LogP contribution in [0, 0.1) is 0 Å². The lowest BCUT2D eigenvalue weighted by Crippen LogP contribution is -2.50. The first-order valence-corrected chi connectivity index (χ1v) is 10.4. The van der Waals surface area contributed by atoms with Gasteiger partial charge < -0.3 is 14.5 Å². The Hall–Kier alpha value is -2.21. The van der Waals surface area contributed by atoms with Crippen LogP contribution in [0.5, 0.6) is 0 Å². The first kappa shape index (κ1) is 19.5. The summed E-state index contributed by atoms with van der Waals surface area (Å²) in [6.45, 7) is 8.48. The summed E-state index contributed by atoms with van der Waals surface area (Å²) >= 11 is 1.74. The fourth-order valence-corrected chi connectivity index (χ4v) is 3.45. The summed E-state index contributed by atoms with van der Waals surface area (Å²) in [6.07, 6.45) is 3.77. The maximum absolute atomic E-state index is 12.2. The van der Waals surface area contributed by atoms with E-state index < -0.39 is 5.60 Å². The molecule has 6 heteroatoms. The Morgan fingerprint density at radius 2 is 1.81 bits per heavy atom. The Kier molecular flexibility index (Phi) is 5.95. The smallest absolute Gasteiger partial charge is 0.410 e. The van der Waals surface area contributed by atoms with Crippen molar-refractivity contribution in [2.24, 2.45) is 0 Å². The maximum Gasteiger partial charge on any atom is 0.410 e. The monoisotopic (exact) mass is 385 g/mol. The molecule has 0 saturated carbocycles. The van der Waals surface area contributed by atoms with Gasteiger partial charge in [-0.05, 0) is 56.9 Å². The Morgan fingerprint density at radius 1 is 1.07 bits per heavy atom. The summed E-state index contributed by atoms with van der Waals surface area (Å²) in [5.41, 5.74) is 1.83. The van der Waals surface area contributed by atoms with Gasteiger partial charge in [-0.2, -0.15) is 0 Å². The molecular weight excluding hydrogens is 358 g/mol. The largest absolute Gasteiger partial charge is 0.444 e. The molecule has 0 bridgehead atoms. The van der Waals surface area contributed by atoms with Crippen LogP contribution in [0.25, 0.3) is 11.1 Å². The number of ether oxygens (including phenoxy) is 1. The van der Waals surface area contributed by atoms with Gasteiger partial charge in [0.05, 0.1) is 0 Å². The second-order valence-corrected chi connectivity index (χ2v) is 8.47. The van der Waals surface area contributed by atoms with E-state index in [4.69, 9.17) is 4.74 Å². The number of rotatable bonds is 3. The highest BCUT2D eigenvalue weighted by Crippen LogP contribution is 2.25. The zero-order valence-electron chi connectivity index (χ0n) is 16.4. The van der Waals surface area contributed by atoms with Crippen LogP contribution in [0.4, 0.5) is 10.6 Å². The SMILES string of the molecule is CSc1cccc(-c2ccc(N3CCN(C(=O)OC(C)(C)C)CC3)nc2)c1. The summed E-state index contributed by atoms with van der Waals surface area (Å²) < 4.78 is 5.45. The highest BCUT2D eigenvalue weighted by atomic mass is 32.2. The molecule has 0 aliphatic carbocycles. The number of pyridine rings is 1. The van der Waals surface area contributed by atoms with Crippen molar-refractivity contribution in [3.63, 3.8) is 0 Å². The Balaban J connectivity index is 1.61. The van der Waals surface area contributed by atoms with Crippen molar-refractivity contribution in [1.29, 1.82) is 0 Å². The molecule has 0 N–H and O–H groups in total. The third-order valence-corrected chi connectivity index (χ3v) is 5.13. The molecule has 1 fully saturated rings. The molecule has 1 aliphatic rings. The lowest BCUT2D eigenvalue weighted by Gasteiger charge is -2.36. The van der Waals surface area contributed by atoms with Crippen LogP contribution in [0.2, 0.25) is 0 Å². The van der Waals surface area contributed by atoms with E-state index in [9.17, 15) is 4.79 Å². The minimum Gasteiger partial charge on any atom is -0.444 e. The highest BCUT2D eigenvalue weighted by molar-refractivity contribution is 7.98. The number of nitrogens with zero attached hydrogens (tertiary/aromatic N) is 3. The van der Waals surface area contributed by atoms with Crippen LogP contribution in [0.1, 0.15) is 20.8 Å². The minimum absolute atomic E-state index is 0.237. The molecule has 5 nitrogen and oxygen atoms in total. The van der Waals surface area contributed by atoms with E-state index in [-0.39, 0.29) is 6.09 Å². The van der Waals surface area contributed by atoms with Crippen molar-refractivity contribution in [2.75, 3.05) is 37.3 Å². The van der Waals surface area contributed by atoms with Crippen molar-refractivity contribution in [2.45, 2.75) is 31.3 Å². The van der Waals surface area contributed by atoms with E-state index in [0.717, 1.165) is 24.5 Å². The molecule has 1 aromatic heterocycles. The number of piperazine rings is 1. The molecule has 0 atom stereocenters. The molecule has 0 radical (unpaired) electrons. The standard InChI is InChI=1S/C21H27N3O2S/c1-21(2,3)26-20(25)24-12-10-23(11-13-24)19-9-8-17(15-22-19)16-6-5-7-18(14-16)27-4/h5-9,14-15H,10-13H2,1-4H3. The van der Waals surface area contributed by atoms with Crippen molar-refractivity contribution in [3.05, 3.63) is 42.6 Å². The zero-order chi connectivity index (χ0) is 19.4. The number of amides is 1. The Morgan fingerprint density at radius 3 is 2.41 bits per heavy atom. The van der Waals surface area contributed by atoms with Crippen LogP contribution >= 0.6 is 11.8 Å². The molecule has 1 saturated heterocycles. The van der Waals surface area contributed by atoms with E-state index in [1.807, 2.05) is 27.0 Å². The number of hydrogen-bond donors (Lipinski definition) is 0. The molecule has 0 unspecified atom stereocenters. The van der Waals surface area contributed by atoms with Gasteiger partial charge in [0.25, 0.3) is 0 Å². The molecule has 3 rings (SSSR count). The number of hydrogen-bond acceptors (Lipinski definition) is 5. The van der Waals surface area contributed by atoms with Gasteiger partial charge in [-0.1, -0.05) is 12.1 Å². The van der Waals surface area contributed by atoms with Crippen LogP contribution in [-0.2, 0) is 4.74 Å². The first-order valence-electron chi connectivity index (χ1n) is 9.19. The third kappa shape index (κ3) is 5.16. The predicted octanol–water partition coefficient (Wildman–Crippen LogP) is 4.53. The molecule has 2 heterocycles. The lowest BCUT2D eigenvalue weighted by molar-refractivity contribution is 0.0240. The predicted molar refractivity (Wildman–Crippen MR) is 111 cm³/mol. The van der Waals surface area contributed by atoms with Gasteiger partial charge in [0, 0.05) is 42.8 Å².